The van der Waals surface area contributed by atoms with Crippen LogP contribution in [0.4, 0.5) is 4.79 Å². The Morgan fingerprint density at radius 1 is 1.32 bits per heavy atom. The molecule has 1 aromatic heterocycles. The quantitative estimate of drug-likeness (QED) is 0.891. The van der Waals surface area contributed by atoms with Crippen molar-refractivity contribution in [3.63, 3.8) is 0 Å². The molecule has 2 N–H and O–H groups in total. The Bertz CT molecular complexity index is 757. The van der Waals surface area contributed by atoms with E-state index in [-0.39, 0.29) is 12.6 Å². The molecule has 2 amide bonds. The van der Waals surface area contributed by atoms with Crippen LogP contribution >= 0.6 is 0 Å². The highest BCUT2D eigenvalue weighted by molar-refractivity contribution is 5.77. The van der Waals surface area contributed by atoms with E-state index in [1.807, 2.05) is 43.6 Å². The van der Waals surface area contributed by atoms with E-state index in [0.717, 1.165) is 16.8 Å². The second-order valence-electron chi connectivity index (χ2n) is 6.32. The van der Waals surface area contributed by atoms with E-state index in [9.17, 15) is 9.59 Å². The van der Waals surface area contributed by atoms with Gasteiger partial charge in [0.05, 0.1) is 11.6 Å². The van der Waals surface area contributed by atoms with E-state index in [0.29, 0.717) is 25.9 Å². The van der Waals surface area contributed by atoms with E-state index in [1.165, 1.54) is 0 Å². The summed E-state index contributed by atoms with van der Waals surface area (Å²) in [5.41, 5.74) is 2.76. The van der Waals surface area contributed by atoms with Gasteiger partial charge in [0.15, 0.2) is 0 Å². The maximum Gasteiger partial charge on any atom is 0.317 e. The SMILES string of the molecule is Cn1cc(CNC(=O)N2CCCC(C(=O)O)C2)c(-c2ccccc2)n1. The average molecular weight is 342 g/mol. The second-order valence-corrected chi connectivity index (χ2v) is 6.32. The van der Waals surface area contributed by atoms with Crippen molar-refractivity contribution < 1.29 is 14.7 Å². The van der Waals surface area contributed by atoms with Crippen molar-refractivity contribution in [2.75, 3.05) is 13.1 Å². The first-order valence-corrected chi connectivity index (χ1v) is 8.38. The van der Waals surface area contributed by atoms with Crippen LogP contribution in [0.25, 0.3) is 11.3 Å². The van der Waals surface area contributed by atoms with Crippen molar-refractivity contribution in [2.24, 2.45) is 13.0 Å². The fourth-order valence-electron chi connectivity index (χ4n) is 3.15. The molecule has 0 aliphatic carbocycles. The molecular weight excluding hydrogens is 320 g/mol. The molecule has 132 valence electrons. The van der Waals surface area contributed by atoms with Gasteiger partial charge in [-0.15, -0.1) is 0 Å². The predicted molar refractivity (Wildman–Crippen MR) is 92.8 cm³/mol. The molecule has 7 heteroatoms. The summed E-state index contributed by atoms with van der Waals surface area (Å²) >= 11 is 0. The van der Waals surface area contributed by atoms with Crippen LogP contribution in [-0.2, 0) is 18.4 Å². The number of aryl methyl sites for hydroxylation is 1. The number of benzene rings is 1. The molecule has 1 unspecified atom stereocenters. The highest BCUT2D eigenvalue weighted by Gasteiger charge is 2.28. The third kappa shape index (κ3) is 3.99. The van der Waals surface area contributed by atoms with E-state index in [4.69, 9.17) is 5.11 Å². The average Bonchev–Trinajstić information content (AvgIpc) is 3.01. The Hall–Kier alpha value is -2.83. The molecule has 0 spiro atoms. The third-order valence-corrected chi connectivity index (χ3v) is 4.44. The molecule has 7 nitrogen and oxygen atoms in total. The van der Waals surface area contributed by atoms with E-state index in [1.54, 1.807) is 9.58 Å². The zero-order chi connectivity index (χ0) is 17.8. The van der Waals surface area contributed by atoms with Crippen LogP contribution in [0, 0.1) is 5.92 Å². The second kappa shape index (κ2) is 7.38. The Morgan fingerprint density at radius 3 is 2.80 bits per heavy atom. The molecule has 1 saturated heterocycles. The van der Waals surface area contributed by atoms with Gasteiger partial charge in [-0.3, -0.25) is 9.48 Å². The van der Waals surface area contributed by atoms with Crippen molar-refractivity contribution in [3.8, 4) is 11.3 Å². The molecule has 1 aliphatic rings. The number of nitrogens with zero attached hydrogens (tertiary/aromatic N) is 3. The van der Waals surface area contributed by atoms with Crippen molar-refractivity contribution in [1.29, 1.82) is 0 Å². The first-order valence-electron chi connectivity index (χ1n) is 8.38. The fraction of sp³-hybridized carbons (Fsp3) is 0.389. The number of carbonyl (C=O) groups excluding carboxylic acids is 1. The van der Waals surface area contributed by atoms with Crippen molar-refractivity contribution in [1.82, 2.24) is 20.0 Å². The number of carboxylic acids is 1. The van der Waals surface area contributed by atoms with Gasteiger partial charge in [0.1, 0.15) is 0 Å². The lowest BCUT2D eigenvalue weighted by atomic mass is 9.99. The normalized spacial score (nSPS) is 17.3. The smallest absolute Gasteiger partial charge is 0.317 e. The lowest BCUT2D eigenvalue weighted by molar-refractivity contribution is -0.143. The number of carboxylic acid groups (broad SMARTS) is 1. The van der Waals surface area contributed by atoms with Crippen molar-refractivity contribution in [3.05, 3.63) is 42.1 Å². The highest BCUT2D eigenvalue weighted by Crippen LogP contribution is 2.22. The minimum absolute atomic E-state index is 0.228. The van der Waals surface area contributed by atoms with Crippen molar-refractivity contribution >= 4 is 12.0 Å². The Morgan fingerprint density at radius 2 is 2.08 bits per heavy atom. The van der Waals surface area contributed by atoms with Gasteiger partial charge in [-0.2, -0.15) is 5.10 Å². The number of hydrogen-bond acceptors (Lipinski definition) is 3. The lowest BCUT2D eigenvalue weighted by Crippen LogP contribution is -2.46. The standard InChI is InChI=1S/C18H22N4O3/c1-21-11-15(16(20-21)13-6-3-2-4-7-13)10-19-18(25)22-9-5-8-14(12-22)17(23)24/h2-4,6-7,11,14H,5,8-10,12H2,1H3,(H,19,25)(H,23,24). The van der Waals surface area contributed by atoms with Gasteiger partial charge < -0.3 is 15.3 Å². The molecule has 2 aromatic rings. The summed E-state index contributed by atoms with van der Waals surface area (Å²) in [6.07, 6.45) is 3.23. The van der Waals surface area contributed by atoms with E-state index < -0.39 is 11.9 Å². The van der Waals surface area contributed by atoms with Crippen LogP contribution in [0.5, 0.6) is 0 Å². The van der Waals surface area contributed by atoms with Gasteiger partial charge in [-0.05, 0) is 12.8 Å². The molecule has 0 radical (unpaired) electrons. The fourth-order valence-corrected chi connectivity index (χ4v) is 3.15. The molecule has 0 bridgehead atoms. The van der Waals surface area contributed by atoms with Crippen LogP contribution in [-0.4, -0.2) is 44.9 Å². The van der Waals surface area contributed by atoms with Crippen LogP contribution < -0.4 is 5.32 Å². The lowest BCUT2D eigenvalue weighted by Gasteiger charge is -2.30. The first kappa shape index (κ1) is 17.0. The number of amides is 2. The van der Waals surface area contributed by atoms with Gasteiger partial charge in [-0.1, -0.05) is 30.3 Å². The first-order chi connectivity index (χ1) is 12.0. The van der Waals surface area contributed by atoms with Crippen LogP contribution in [0.15, 0.2) is 36.5 Å². The largest absolute Gasteiger partial charge is 0.481 e. The van der Waals surface area contributed by atoms with E-state index >= 15 is 0 Å². The van der Waals surface area contributed by atoms with Gasteiger partial charge in [0.2, 0.25) is 0 Å². The predicted octanol–water partition coefficient (Wildman–Crippen LogP) is 2.09. The molecule has 2 heterocycles. The number of hydrogen-bond donors (Lipinski definition) is 2. The number of urea groups is 1. The molecule has 0 saturated carbocycles. The van der Waals surface area contributed by atoms with Gasteiger partial charge in [0, 0.05) is 44.0 Å². The van der Waals surface area contributed by atoms with Crippen LogP contribution in [0.3, 0.4) is 0 Å². The number of aliphatic carboxylic acids is 1. The molecule has 1 fully saturated rings. The maximum atomic E-state index is 12.4. The molecule has 1 atom stereocenters. The minimum Gasteiger partial charge on any atom is -0.481 e. The van der Waals surface area contributed by atoms with Crippen LogP contribution in [0.2, 0.25) is 0 Å². The van der Waals surface area contributed by atoms with Crippen LogP contribution in [0.1, 0.15) is 18.4 Å². The van der Waals surface area contributed by atoms with E-state index in [2.05, 4.69) is 10.4 Å². The Balaban J connectivity index is 1.66. The summed E-state index contributed by atoms with van der Waals surface area (Å²) in [4.78, 5) is 25.1. The third-order valence-electron chi connectivity index (χ3n) is 4.44. The number of piperidine rings is 1. The number of carbonyl (C=O) groups is 2. The topological polar surface area (TPSA) is 87.5 Å². The summed E-state index contributed by atoms with van der Waals surface area (Å²) in [6.45, 7) is 1.21. The molecular formula is C18H22N4O3. The zero-order valence-corrected chi connectivity index (χ0v) is 14.2. The zero-order valence-electron chi connectivity index (χ0n) is 14.2. The van der Waals surface area contributed by atoms with Gasteiger partial charge in [-0.25, -0.2) is 4.79 Å². The number of nitrogens with one attached hydrogen (secondary N) is 1. The van der Waals surface area contributed by atoms with Crippen molar-refractivity contribution in [2.45, 2.75) is 19.4 Å². The monoisotopic (exact) mass is 342 g/mol. The Labute approximate surface area is 146 Å². The molecule has 25 heavy (non-hydrogen) atoms. The summed E-state index contributed by atoms with van der Waals surface area (Å²) in [5, 5.41) is 16.5. The van der Waals surface area contributed by atoms with Gasteiger partial charge in [0.25, 0.3) is 0 Å². The number of aromatic nitrogens is 2. The summed E-state index contributed by atoms with van der Waals surface area (Å²) in [6, 6.07) is 9.58. The number of likely N-dealkylation sites (tertiary alicyclic amines) is 1. The summed E-state index contributed by atoms with van der Waals surface area (Å²) in [5.74, 6) is -1.31. The number of rotatable bonds is 4. The molecule has 1 aromatic carbocycles. The van der Waals surface area contributed by atoms with Gasteiger partial charge >= 0.3 is 12.0 Å². The Kier molecular flexibility index (Phi) is 5.02. The summed E-state index contributed by atoms with van der Waals surface area (Å²) in [7, 11) is 1.85. The minimum atomic E-state index is -0.837. The molecule has 3 rings (SSSR count). The molecule has 1 aliphatic heterocycles. The summed E-state index contributed by atoms with van der Waals surface area (Å²) < 4.78 is 1.73. The highest BCUT2D eigenvalue weighted by atomic mass is 16.4. The maximum absolute atomic E-state index is 12.4.